The summed E-state index contributed by atoms with van der Waals surface area (Å²) in [4.78, 5) is 25.3. The normalized spacial score (nSPS) is 38.9. The van der Waals surface area contributed by atoms with Gasteiger partial charge in [-0.25, -0.2) is 0 Å². The molecule has 3 aliphatic rings. The molecule has 0 spiro atoms. The molecule has 130 valence electrons. The Bertz CT molecular complexity index is 469. The van der Waals surface area contributed by atoms with Gasteiger partial charge in [0.05, 0.1) is 24.2 Å². The van der Waals surface area contributed by atoms with Gasteiger partial charge in [0.1, 0.15) is 6.04 Å². The van der Waals surface area contributed by atoms with Crippen LogP contribution in [-0.2, 0) is 14.3 Å². The van der Waals surface area contributed by atoms with Crippen LogP contribution in [0, 0.1) is 11.8 Å². The number of hydrogen-bond donors (Lipinski definition) is 3. The van der Waals surface area contributed by atoms with Crippen molar-refractivity contribution in [3.8, 4) is 0 Å². The summed E-state index contributed by atoms with van der Waals surface area (Å²) in [6, 6.07) is -0.288. The van der Waals surface area contributed by atoms with Gasteiger partial charge in [-0.05, 0) is 38.5 Å². The predicted molar refractivity (Wildman–Crippen MR) is 81.8 cm³/mol. The number of piperidine rings is 1. The van der Waals surface area contributed by atoms with Crippen molar-refractivity contribution in [3.05, 3.63) is 0 Å². The highest BCUT2D eigenvalue weighted by molar-refractivity contribution is 5.82. The summed E-state index contributed by atoms with van der Waals surface area (Å²) >= 11 is 0. The maximum Gasteiger partial charge on any atom is 0.306 e. The zero-order chi connectivity index (χ0) is 16.6. The molecule has 3 N–H and O–H groups in total. The van der Waals surface area contributed by atoms with E-state index in [1.54, 1.807) is 0 Å². The fraction of sp³-hybridized carbons (Fsp3) is 0.875. The number of aliphatic hydroxyl groups is 1. The second kappa shape index (κ2) is 6.37. The number of carboxylic acids is 1. The molecule has 7 nitrogen and oxygen atoms in total. The molecule has 1 saturated carbocycles. The largest absolute Gasteiger partial charge is 0.481 e. The molecule has 3 rings (SSSR count). The smallest absolute Gasteiger partial charge is 0.306 e. The van der Waals surface area contributed by atoms with Crippen molar-refractivity contribution in [2.24, 2.45) is 11.8 Å². The van der Waals surface area contributed by atoms with Crippen molar-refractivity contribution in [2.75, 3.05) is 26.2 Å². The van der Waals surface area contributed by atoms with E-state index >= 15 is 0 Å². The maximum absolute atomic E-state index is 12.6. The zero-order valence-electron chi connectivity index (χ0n) is 13.5. The van der Waals surface area contributed by atoms with Crippen molar-refractivity contribution < 1.29 is 24.5 Å². The Balaban J connectivity index is 1.51. The monoisotopic (exact) mass is 326 g/mol. The molecule has 7 heteroatoms. The molecule has 1 aliphatic carbocycles. The van der Waals surface area contributed by atoms with Crippen LogP contribution >= 0.6 is 0 Å². The van der Waals surface area contributed by atoms with Crippen LogP contribution in [0.4, 0.5) is 0 Å². The first-order valence-electron chi connectivity index (χ1n) is 8.49. The van der Waals surface area contributed by atoms with E-state index in [2.05, 4.69) is 5.32 Å². The zero-order valence-corrected chi connectivity index (χ0v) is 13.5. The van der Waals surface area contributed by atoms with Gasteiger partial charge in [0.2, 0.25) is 5.91 Å². The number of morpholine rings is 1. The predicted octanol–water partition coefficient (Wildman–Crippen LogP) is -0.172. The Morgan fingerprint density at radius 1 is 1.26 bits per heavy atom. The molecule has 2 saturated heterocycles. The highest BCUT2D eigenvalue weighted by Crippen LogP contribution is 2.46. The van der Waals surface area contributed by atoms with Gasteiger partial charge >= 0.3 is 5.97 Å². The highest BCUT2D eigenvalue weighted by Gasteiger charge is 2.51. The molecular formula is C16H26N2O5. The van der Waals surface area contributed by atoms with E-state index < -0.39 is 17.5 Å². The first-order valence-corrected chi connectivity index (χ1v) is 8.49. The minimum atomic E-state index is -0.850. The minimum absolute atomic E-state index is 0.0691. The Morgan fingerprint density at radius 2 is 1.91 bits per heavy atom. The maximum atomic E-state index is 12.6. The van der Waals surface area contributed by atoms with Crippen molar-refractivity contribution >= 4 is 11.9 Å². The standard InChI is InChI=1S/C16H26N2O5/c1-10-13(17-4-7-23-10)14(19)18-5-2-12(3-6-18)16(22)8-11(9-16)15(20)21/h10-13,17,22H,2-9H2,1H3,(H,20,21)/t10-,11?,13+,16?/m0/s1. The molecule has 2 heterocycles. The highest BCUT2D eigenvalue weighted by atomic mass is 16.5. The van der Waals surface area contributed by atoms with Crippen LogP contribution in [0.15, 0.2) is 0 Å². The van der Waals surface area contributed by atoms with Gasteiger partial charge in [-0.15, -0.1) is 0 Å². The van der Waals surface area contributed by atoms with Crippen LogP contribution in [0.3, 0.4) is 0 Å². The molecule has 0 aromatic rings. The van der Waals surface area contributed by atoms with Crippen LogP contribution in [0.1, 0.15) is 32.6 Å². The lowest BCUT2D eigenvalue weighted by molar-refractivity contribution is -0.171. The molecule has 2 aliphatic heterocycles. The summed E-state index contributed by atoms with van der Waals surface area (Å²) in [6.45, 7) is 4.46. The van der Waals surface area contributed by atoms with Gasteiger partial charge in [0, 0.05) is 19.6 Å². The first-order chi connectivity index (χ1) is 10.9. The number of carbonyl (C=O) groups excluding carboxylic acids is 1. The Kier molecular flexibility index (Phi) is 4.62. The van der Waals surface area contributed by atoms with E-state index in [0.29, 0.717) is 39.1 Å². The van der Waals surface area contributed by atoms with Gasteiger partial charge in [0.15, 0.2) is 0 Å². The quantitative estimate of drug-likeness (QED) is 0.666. The number of nitrogens with zero attached hydrogens (tertiary/aromatic N) is 1. The molecule has 0 radical (unpaired) electrons. The van der Waals surface area contributed by atoms with Gasteiger partial charge < -0.3 is 25.2 Å². The van der Waals surface area contributed by atoms with E-state index in [1.807, 2.05) is 11.8 Å². The lowest BCUT2D eigenvalue weighted by Crippen LogP contribution is -2.59. The topological polar surface area (TPSA) is 99.1 Å². The van der Waals surface area contributed by atoms with Crippen molar-refractivity contribution in [3.63, 3.8) is 0 Å². The second-order valence-electron chi connectivity index (χ2n) is 7.15. The Labute approximate surface area is 136 Å². The summed E-state index contributed by atoms with van der Waals surface area (Å²) in [5.74, 6) is -1.07. The van der Waals surface area contributed by atoms with Crippen LogP contribution < -0.4 is 5.32 Å². The minimum Gasteiger partial charge on any atom is -0.481 e. The van der Waals surface area contributed by atoms with Gasteiger partial charge in [-0.2, -0.15) is 0 Å². The fourth-order valence-electron chi connectivity index (χ4n) is 4.14. The number of ether oxygens (including phenoxy) is 1. The number of carboxylic acid groups (broad SMARTS) is 1. The summed E-state index contributed by atoms with van der Waals surface area (Å²) < 4.78 is 5.53. The van der Waals surface area contributed by atoms with E-state index in [-0.39, 0.29) is 24.0 Å². The number of aliphatic carboxylic acids is 1. The average Bonchev–Trinajstić information content (AvgIpc) is 2.51. The van der Waals surface area contributed by atoms with Crippen molar-refractivity contribution in [1.29, 1.82) is 0 Å². The third kappa shape index (κ3) is 3.22. The molecule has 2 atom stereocenters. The van der Waals surface area contributed by atoms with Crippen molar-refractivity contribution in [1.82, 2.24) is 10.2 Å². The van der Waals surface area contributed by atoms with E-state index in [4.69, 9.17) is 9.84 Å². The third-order valence-electron chi connectivity index (χ3n) is 5.70. The molecule has 0 aromatic carbocycles. The average molecular weight is 326 g/mol. The lowest BCUT2D eigenvalue weighted by atomic mass is 9.62. The van der Waals surface area contributed by atoms with Gasteiger partial charge in [-0.3, -0.25) is 9.59 Å². The molecule has 1 amide bonds. The number of carbonyl (C=O) groups is 2. The third-order valence-corrected chi connectivity index (χ3v) is 5.70. The van der Waals surface area contributed by atoms with E-state index in [1.165, 1.54) is 0 Å². The van der Waals surface area contributed by atoms with Gasteiger partial charge in [-0.1, -0.05) is 0 Å². The molecule has 3 fully saturated rings. The molecular weight excluding hydrogens is 300 g/mol. The fourth-order valence-corrected chi connectivity index (χ4v) is 4.14. The van der Waals surface area contributed by atoms with Crippen LogP contribution in [0.2, 0.25) is 0 Å². The number of rotatable bonds is 3. The SMILES string of the molecule is C[C@@H]1OCCN[C@H]1C(=O)N1CCC(C2(O)CC(C(=O)O)C2)CC1. The number of hydrogen-bond acceptors (Lipinski definition) is 5. The van der Waals surface area contributed by atoms with Gasteiger partial charge in [0.25, 0.3) is 0 Å². The second-order valence-corrected chi connectivity index (χ2v) is 7.15. The first kappa shape index (κ1) is 16.7. The van der Waals surface area contributed by atoms with Crippen molar-refractivity contribution in [2.45, 2.75) is 50.4 Å². The summed E-state index contributed by atoms with van der Waals surface area (Å²) in [5.41, 5.74) is -0.850. The summed E-state index contributed by atoms with van der Waals surface area (Å²) in [7, 11) is 0. The molecule has 0 aromatic heterocycles. The number of likely N-dealkylation sites (tertiary alicyclic amines) is 1. The summed E-state index contributed by atoms with van der Waals surface area (Å²) in [6.07, 6.45) is 2.03. The molecule has 23 heavy (non-hydrogen) atoms. The van der Waals surface area contributed by atoms with E-state index in [9.17, 15) is 14.7 Å². The summed E-state index contributed by atoms with van der Waals surface area (Å²) in [5, 5.41) is 22.8. The number of nitrogens with one attached hydrogen (secondary N) is 1. The van der Waals surface area contributed by atoms with E-state index in [0.717, 1.165) is 12.8 Å². The Morgan fingerprint density at radius 3 is 2.48 bits per heavy atom. The Hall–Kier alpha value is -1.18. The molecule has 0 bridgehead atoms. The van der Waals surface area contributed by atoms with Crippen LogP contribution in [0.25, 0.3) is 0 Å². The molecule has 0 unspecified atom stereocenters. The van der Waals surface area contributed by atoms with Crippen LogP contribution in [-0.4, -0.2) is 71.0 Å². The van der Waals surface area contributed by atoms with Crippen LogP contribution in [0.5, 0.6) is 0 Å². The number of amides is 1. The lowest BCUT2D eigenvalue weighted by Gasteiger charge is -2.49.